The van der Waals surface area contributed by atoms with Crippen LogP contribution in [0.4, 0.5) is 13.2 Å². The second-order valence-electron chi connectivity index (χ2n) is 5.61. The van der Waals surface area contributed by atoms with Gasteiger partial charge in [0.15, 0.2) is 0 Å². The summed E-state index contributed by atoms with van der Waals surface area (Å²) in [6, 6.07) is -0.502. The van der Waals surface area contributed by atoms with Crippen LogP contribution in [-0.2, 0) is 9.53 Å². The largest absolute Gasteiger partial charge is 0.393 e. The standard InChI is InChI=1S/C13H21F3N2O2/c14-13(15,16)10-3-4-11(17-7-10)12(19)18-6-9-2-1-5-20-8-9/h9-11,17H,1-8H2,(H,18,19). The lowest BCUT2D eigenvalue weighted by molar-refractivity contribution is -0.180. The van der Waals surface area contributed by atoms with E-state index in [9.17, 15) is 18.0 Å². The highest BCUT2D eigenvalue weighted by Crippen LogP contribution is 2.31. The molecule has 116 valence electrons. The molecule has 0 spiro atoms. The van der Waals surface area contributed by atoms with Gasteiger partial charge in [-0.1, -0.05) is 0 Å². The van der Waals surface area contributed by atoms with Gasteiger partial charge >= 0.3 is 6.18 Å². The van der Waals surface area contributed by atoms with Gasteiger partial charge in [0.2, 0.25) is 5.91 Å². The molecule has 2 N–H and O–H groups in total. The Morgan fingerprint density at radius 2 is 2.10 bits per heavy atom. The molecule has 0 aromatic rings. The molecule has 20 heavy (non-hydrogen) atoms. The van der Waals surface area contributed by atoms with Crippen LogP contribution in [0, 0.1) is 11.8 Å². The molecule has 4 nitrogen and oxygen atoms in total. The summed E-state index contributed by atoms with van der Waals surface area (Å²) in [7, 11) is 0. The third-order valence-corrected chi connectivity index (χ3v) is 4.01. The highest BCUT2D eigenvalue weighted by molar-refractivity contribution is 5.81. The number of alkyl halides is 3. The Labute approximate surface area is 116 Å². The number of carbonyl (C=O) groups excluding carboxylic acids is 1. The topological polar surface area (TPSA) is 50.4 Å². The lowest BCUT2D eigenvalue weighted by atomic mass is 9.93. The van der Waals surface area contributed by atoms with Crippen molar-refractivity contribution < 1.29 is 22.7 Å². The number of ether oxygens (including phenoxy) is 1. The van der Waals surface area contributed by atoms with Gasteiger partial charge in [-0.25, -0.2) is 0 Å². The summed E-state index contributed by atoms with van der Waals surface area (Å²) < 4.78 is 42.8. The van der Waals surface area contributed by atoms with Gasteiger partial charge in [0.25, 0.3) is 0 Å². The normalized spacial score (nSPS) is 31.9. The average Bonchev–Trinajstić information content (AvgIpc) is 2.45. The van der Waals surface area contributed by atoms with E-state index in [2.05, 4.69) is 10.6 Å². The van der Waals surface area contributed by atoms with Crippen molar-refractivity contribution in [2.75, 3.05) is 26.3 Å². The summed E-state index contributed by atoms with van der Waals surface area (Å²) in [5.41, 5.74) is 0. The third-order valence-electron chi connectivity index (χ3n) is 4.01. The summed E-state index contributed by atoms with van der Waals surface area (Å²) >= 11 is 0. The quantitative estimate of drug-likeness (QED) is 0.828. The van der Waals surface area contributed by atoms with Gasteiger partial charge in [-0.2, -0.15) is 13.2 Å². The molecule has 1 amide bonds. The van der Waals surface area contributed by atoms with E-state index < -0.39 is 18.1 Å². The van der Waals surface area contributed by atoms with Gasteiger partial charge in [0.1, 0.15) is 0 Å². The van der Waals surface area contributed by atoms with E-state index in [1.165, 1.54) is 0 Å². The number of piperidine rings is 1. The zero-order valence-corrected chi connectivity index (χ0v) is 11.3. The van der Waals surface area contributed by atoms with E-state index in [0.717, 1.165) is 19.4 Å². The number of halogens is 3. The van der Waals surface area contributed by atoms with Crippen LogP contribution in [0.15, 0.2) is 0 Å². The summed E-state index contributed by atoms with van der Waals surface area (Å²) in [6.07, 6.45) is -1.91. The lowest BCUT2D eigenvalue weighted by Gasteiger charge is -2.31. The first kappa shape index (κ1) is 15.6. The molecule has 7 heteroatoms. The number of hydrogen-bond acceptors (Lipinski definition) is 3. The number of hydrogen-bond donors (Lipinski definition) is 2. The van der Waals surface area contributed by atoms with Crippen LogP contribution in [0.1, 0.15) is 25.7 Å². The van der Waals surface area contributed by atoms with Gasteiger partial charge in [-0.15, -0.1) is 0 Å². The molecule has 0 aromatic heterocycles. The Bertz CT molecular complexity index is 322. The van der Waals surface area contributed by atoms with E-state index in [1.54, 1.807) is 0 Å². The van der Waals surface area contributed by atoms with E-state index in [4.69, 9.17) is 4.74 Å². The zero-order valence-electron chi connectivity index (χ0n) is 11.3. The Morgan fingerprint density at radius 1 is 1.30 bits per heavy atom. The number of amides is 1. The Kier molecular flexibility index (Phi) is 5.26. The minimum atomic E-state index is -4.17. The maximum absolute atomic E-state index is 12.5. The Hall–Kier alpha value is -0.820. The van der Waals surface area contributed by atoms with E-state index >= 15 is 0 Å². The fraction of sp³-hybridized carbons (Fsp3) is 0.923. The molecule has 2 aliphatic heterocycles. The number of nitrogens with one attached hydrogen (secondary N) is 2. The molecule has 0 aliphatic carbocycles. The number of carbonyl (C=O) groups is 1. The van der Waals surface area contributed by atoms with Crippen molar-refractivity contribution in [3.05, 3.63) is 0 Å². The smallest absolute Gasteiger partial charge is 0.381 e. The van der Waals surface area contributed by atoms with Crippen LogP contribution >= 0.6 is 0 Å². The van der Waals surface area contributed by atoms with Crippen LogP contribution < -0.4 is 10.6 Å². The summed E-state index contributed by atoms with van der Waals surface area (Å²) in [6.45, 7) is 1.79. The second kappa shape index (κ2) is 6.76. The van der Waals surface area contributed by atoms with Crippen molar-refractivity contribution >= 4 is 5.91 Å². The fourth-order valence-corrected chi connectivity index (χ4v) is 2.70. The third kappa shape index (κ3) is 4.34. The minimum absolute atomic E-state index is 0.0150. The monoisotopic (exact) mass is 294 g/mol. The van der Waals surface area contributed by atoms with Gasteiger partial charge < -0.3 is 15.4 Å². The first-order chi connectivity index (χ1) is 9.47. The van der Waals surface area contributed by atoms with Crippen molar-refractivity contribution in [1.82, 2.24) is 10.6 Å². The van der Waals surface area contributed by atoms with Crippen molar-refractivity contribution in [2.24, 2.45) is 11.8 Å². The molecular formula is C13H21F3N2O2. The van der Waals surface area contributed by atoms with E-state index in [0.29, 0.717) is 19.1 Å². The molecule has 2 heterocycles. The molecule has 3 atom stereocenters. The highest BCUT2D eigenvalue weighted by atomic mass is 19.4. The van der Waals surface area contributed by atoms with Gasteiger partial charge in [0, 0.05) is 19.7 Å². The molecule has 0 bridgehead atoms. The minimum Gasteiger partial charge on any atom is -0.381 e. The lowest BCUT2D eigenvalue weighted by Crippen LogP contribution is -2.52. The molecular weight excluding hydrogens is 273 g/mol. The first-order valence-electron chi connectivity index (χ1n) is 7.12. The van der Waals surface area contributed by atoms with Crippen LogP contribution in [0.3, 0.4) is 0 Å². The predicted octanol–water partition coefficient (Wildman–Crippen LogP) is 1.46. The molecule has 2 saturated heterocycles. The van der Waals surface area contributed by atoms with Crippen molar-refractivity contribution in [3.8, 4) is 0 Å². The molecule has 2 aliphatic rings. The maximum Gasteiger partial charge on any atom is 0.393 e. The summed E-state index contributed by atoms with van der Waals surface area (Å²) in [5, 5.41) is 5.51. The predicted molar refractivity (Wildman–Crippen MR) is 67.1 cm³/mol. The van der Waals surface area contributed by atoms with Gasteiger partial charge in [0.05, 0.1) is 18.6 Å². The van der Waals surface area contributed by atoms with Crippen molar-refractivity contribution in [3.63, 3.8) is 0 Å². The maximum atomic E-state index is 12.5. The summed E-state index contributed by atoms with van der Waals surface area (Å²) in [4.78, 5) is 11.9. The zero-order chi connectivity index (χ0) is 14.6. The molecule has 2 rings (SSSR count). The SMILES string of the molecule is O=C(NCC1CCCOC1)C1CCC(C(F)(F)F)CN1. The second-order valence-corrected chi connectivity index (χ2v) is 5.61. The van der Waals surface area contributed by atoms with Crippen LogP contribution in [0.5, 0.6) is 0 Å². The van der Waals surface area contributed by atoms with Crippen LogP contribution in [-0.4, -0.2) is 44.4 Å². The van der Waals surface area contributed by atoms with E-state index in [1.807, 2.05) is 0 Å². The van der Waals surface area contributed by atoms with Crippen molar-refractivity contribution in [2.45, 2.75) is 37.9 Å². The Balaban J connectivity index is 1.69. The highest BCUT2D eigenvalue weighted by Gasteiger charge is 2.42. The molecule has 0 saturated carbocycles. The number of rotatable bonds is 3. The van der Waals surface area contributed by atoms with E-state index in [-0.39, 0.29) is 25.3 Å². The van der Waals surface area contributed by atoms with Crippen LogP contribution in [0.25, 0.3) is 0 Å². The Morgan fingerprint density at radius 3 is 2.65 bits per heavy atom. The molecule has 0 radical (unpaired) electrons. The molecule has 3 unspecified atom stereocenters. The molecule has 0 aromatic carbocycles. The first-order valence-corrected chi connectivity index (χ1v) is 7.12. The fourth-order valence-electron chi connectivity index (χ4n) is 2.70. The summed E-state index contributed by atoms with van der Waals surface area (Å²) in [5.74, 6) is -1.21. The molecule has 2 fully saturated rings. The van der Waals surface area contributed by atoms with Gasteiger partial charge in [-0.3, -0.25) is 4.79 Å². The van der Waals surface area contributed by atoms with Crippen molar-refractivity contribution in [1.29, 1.82) is 0 Å². The average molecular weight is 294 g/mol. The van der Waals surface area contributed by atoms with Crippen LogP contribution in [0.2, 0.25) is 0 Å². The van der Waals surface area contributed by atoms with Gasteiger partial charge in [-0.05, 0) is 31.6 Å².